The van der Waals surface area contributed by atoms with Gasteiger partial charge in [-0.1, -0.05) is 0 Å². The molecule has 0 aliphatic heterocycles. The first-order valence-electron chi connectivity index (χ1n) is 6.08. The van der Waals surface area contributed by atoms with Crippen molar-refractivity contribution in [3.8, 4) is 12.0 Å². The second kappa shape index (κ2) is 4.44. The topological polar surface area (TPSA) is 91.7 Å². The monoisotopic (exact) mass is 270 g/mol. The van der Waals surface area contributed by atoms with Crippen molar-refractivity contribution < 1.29 is 4.74 Å². The zero-order valence-electron chi connectivity index (χ0n) is 11.5. The van der Waals surface area contributed by atoms with Gasteiger partial charge in [0.25, 0.3) is 0 Å². The Bertz CT molecular complexity index is 795. The maximum atomic E-state index is 5.66. The molecule has 7 heteroatoms. The molecule has 1 aromatic carbocycles. The lowest BCUT2D eigenvalue weighted by molar-refractivity contribution is 0.378. The van der Waals surface area contributed by atoms with Gasteiger partial charge in [-0.15, -0.1) is 0 Å². The Labute approximate surface area is 115 Å². The molecule has 3 aromatic rings. The summed E-state index contributed by atoms with van der Waals surface area (Å²) in [4.78, 5) is 16.6. The molecule has 2 aromatic heterocycles. The second-order valence-electron chi connectivity index (χ2n) is 4.52. The van der Waals surface area contributed by atoms with Gasteiger partial charge in [-0.05, 0) is 37.1 Å². The molecule has 0 spiro atoms. The molecule has 0 amide bonds. The molecule has 20 heavy (non-hydrogen) atoms. The lowest BCUT2D eigenvalue weighted by atomic mass is 10.1. The maximum Gasteiger partial charge on any atom is 0.322 e. The van der Waals surface area contributed by atoms with Crippen LogP contribution in [0, 0.1) is 13.8 Å². The number of hydrogen-bond acceptors (Lipinski definition) is 6. The zero-order valence-corrected chi connectivity index (χ0v) is 11.5. The summed E-state index contributed by atoms with van der Waals surface area (Å²) in [5, 5.41) is 0. The smallest absolute Gasteiger partial charge is 0.322 e. The average Bonchev–Trinajstić information content (AvgIpc) is 2.81. The minimum Gasteiger partial charge on any atom is -0.467 e. The SMILES string of the molecule is COc1nc(N)nc(-n2cnc3cc(C)c(C)cc32)n1. The minimum atomic E-state index is 0.109. The molecule has 0 aliphatic carbocycles. The van der Waals surface area contributed by atoms with Gasteiger partial charge in [0.2, 0.25) is 11.9 Å². The van der Waals surface area contributed by atoms with Gasteiger partial charge < -0.3 is 10.5 Å². The zero-order chi connectivity index (χ0) is 14.3. The van der Waals surface area contributed by atoms with Crippen LogP contribution in [0.25, 0.3) is 17.0 Å². The largest absolute Gasteiger partial charge is 0.467 e. The van der Waals surface area contributed by atoms with Crippen molar-refractivity contribution in [2.75, 3.05) is 12.8 Å². The van der Waals surface area contributed by atoms with Crippen LogP contribution in [0.3, 0.4) is 0 Å². The van der Waals surface area contributed by atoms with Crippen LogP contribution in [0.4, 0.5) is 5.95 Å². The quantitative estimate of drug-likeness (QED) is 0.757. The lowest BCUT2D eigenvalue weighted by Crippen LogP contribution is -2.07. The fraction of sp³-hybridized carbons (Fsp3) is 0.231. The molecule has 2 heterocycles. The lowest BCUT2D eigenvalue weighted by Gasteiger charge is -2.06. The summed E-state index contributed by atoms with van der Waals surface area (Å²) in [6.07, 6.45) is 1.66. The van der Waals surface area contributed by atoms with Crippen molar-refractivity contribution in [1.82, 2.24) is 24.5 Å². The number of methoxy groups -OCH3 is 1. The number of benzene rings is 1. The van der Waals surface area contributed by atoms with Gasteiger partial charge in [0.05, 0.1) is 18.1 Å². The Morgan fingerprint density at radius 1 is 1.10 bits per heavy atom. The Kier molecular flexibility index (Phi) is 2.74. The van der Waals surface area contributed by atoms with Gasteiger partial charge in [0.1, 0.15) is 6.33 Å². The number of nitrogens with zero attached hydrogens (tertiary/aromatic N) is 5. The molecule has 0 saturated heterocycles. The van der Waals surface area contributed by atoms with Gasteiger partial charge in [0.15, 0.2) is 0 Å². The van der Waals surface area contributed by atoms with Crippen LogP contribution in [0.15, 0.2) is 18.5 Å². The summed E-state index contributed by atoms with van der Waals surface area (Å²) >= 11 is 0. The van der Waals surface area contributed by atoms with Crippen molar-refractivity contribution in [2.45, 2.75) is 13.8 Å². The highest BCUT2D eigenvalue weighted by atomic mass is 16.5. The van der Waals surface area contributed by atoms with E-state index in [9.17, 15) is 0 Å². The van der Waals surface area contributed by atoms with Crippen molar-refractivity contribution in [3.63, 3.8) is 0 Å². The number of hydrogen-bond donors (Lipinski definition) is 1. The van der Waals surface area contributed by atoms with Crippen molar-refractivity contribution in [2.24, 2.45) is 0 Å². The number of ether oxygens (including phenoxy) is 1. The van der Waals surface area contributed by atoms with E-state index < -0.39 is 0 Å². The highest BCUT2D eigenvalue weighted by Gasteiger charge is 2.11. The van der Waals surface area contributed by atoms with Crippen LogP contribution in [0.1, 0.15) is 11.1 Å². The molecule has 2 N–H and O–H groups in total. The molecule has 7 nitrogen and oxygen atoms in total. The third-order valence-corrected chi connectivity index (χ3v) is 3.18. The molecule has 0 aliphatic rings. The van der Waals surface area contributed by atoms with Crippen LogP contribution in [-0.2, 0) is 0 Å². The molecule has 0 bridgehead atoms. The highest BCUT2D eigenvalue weighted by molar-refractivity contribution is 5.78. The first-order valence-corrected chi connectivity index (χ1v) is 6.08. The molecule has 0 unspecified atom stereocenters. The summed E-state index contributed by atoms with van der Waals surface area (Å²) in [6, 6.07) is 4.26. The van der Waals surface area contributed by atoms with Gasteiger partial charge in [-0.3, -0.25) is 4.57 Å². The first kappa shape index (κ1) is 12.3. The fourth-order valence-corrected chi connectivity index (χ4v) is 1.98. The summed E-state index contributed by atoms with van der Waals surface area (Å²) in [5.41, 5.74) is 9.83. The molecule has 0 fully saturated rings. The number of aromatic nitrogens is 5. The molecule has 102 valence electrons. The van der Waals surface area contributed by atoms with Crippen LogP contribution < -0.4 is 10.5 Å². The van der Waals surface area contributed by atoms with E-state index >= 15 is 0 Å². The molecule has 0 atom stereocenters. The Hall–Kier alpha value is -2.70. The number of imidazole rings is 1. The Morgan fingerprint density at radius 3 is 2.60 bits per heavy atom. The van der Waals surface area contributed by atoms with Gasteiger partial charge in [-0.2, -0.15) is 15.0 Å². The van der Waals surface area contributed by atoms with Crippen LogP contribution in [-0.4, -0.2) is 31.6 Å². The number of anilines is 1. The van der Waals surface area contributed by atoms with Crippen LogP contribution in [0.5, 0.6) is 6.01 Å². The van der Waals surface area contributed by atoms with E-state index in [1.807, 2.05) is 12.1 Å². The number of nitrogen functional groups attached to an aromatic ring is 1. The predicted octanol–water partition coefficient (Wildman–Crippen LogP) is 1.42. The minimum absolute atomic E-state index is 0.109. The standard InChI is InChI=1S/C13H14N6O/c1-7-4-9-10(5-8(7)2)19(6-15-9)12-16-11(14)17-13(18-12)20-3/h4-6H,1-3H3,(H2,14,16,17,18). The van der Waals surface area contributed by atoms with Gasteiger partial charge >= 0.3 is 6.01 Å². The van der Waals surface area contributed by atoms with E-state index in [2.05, 4.69) is 33.8 Å². The number of nitrogens with two attached hydrogens (primary N) is 1. The van der Waals surface area contributed by atoms with Crippen molar-refractivity contribution >= 4 is 17.0 Å². The van der Waals surface area contributed by atoms with Gasteiger partial charge in [-0.25, -0.2) is 4.98 Å². The van der Waals surface area contributed by atoms with Crippen molar-refractivity contribution in [1.29, 1.82) is 0 Å². The third-order valence-electron chi connectivity index (χ3n) is 3.18. The van der Waals surface area contributed by atoms with E-state index in [1.54, 1.807) is 10.9 Å². The third kappa shape index (κ3) is 1.93. The molecule has 0 radical (unpaired) electrons. The highest BCUT2D eigenvalue weighted by Crippen LogP contribution is 2.21. The van der Waals surface area contributed by atoms with Gasteiger partial charge in [0, 0.05) is 0 Å². The van der Waals surface area contributed by atoms with E-state index in [-0.39, 0.29) is 12.0 Å². The van der Waals surface area contributed by atoms with E-state index in [1.165, 1.54) is 18.2 Å². The molecular formula is C13H14N6O. The van der Waals surface area contributed by atoms with E-state index in [4.69, 9.17) is 10.5 Å². The average molecular weight is 270 g/mol. The van der Waals surface area contributed by atoms with Crippen LogP contribution >= 0.6 is 0 Å². The normalized spacial score (nSPS) is 10.9. The Balaban J connectivity index is 2.24. The van der Waals surface area contributed by atoms with Crippen molar-refractivity contribution in [3.05, 3.63) is 29.6 Å². The molecule has 0 saturated carbocycles. The first-order chi connectivity index (χ1) is 9.58. The van der Waals surface area contributed by atoms with E-state index in [0.29, 0.717) is 5.95 Å². The fourth-order valence-electron chi connectivity index (χ4n) is 1.98. The predicted molar refractivity (Wildman–Crippen MR) is 74.9 cm³/mol. The number of fused-ring (bicyclic) bond motifs is 1. The molecular weight excluding hydrogens is 256 g/mol. The van der Waals surface area contributed by atoms with Crippen LogP contribution in [0.2, 0.25) is 0 Å². The summed E-state index contributed by atoms with van der Waals surface area (Å²) < 4.78 is 6.78. The number of aryl methyl sites for hydroxylation is 2. The summed E-state index contributed by atoms with van der Waals surface area (Å²) in [5.74, 6) is 0.498. The second-order valence-corrected chi connectivity index (χ2v) is 4.52. The summed E-state index contributed by atoms with van der Waals surface area (Å²) in [7, 11) is 1.48. The number of rotatable bonds is 2. The molecule has 3 rings (SSSR count). The van der Waals surface area contributed by atoms with E-state index in [0.717, 1.165) is 11.0 Å². The Morgan fingerprint density at radius 2 is 1.85 bits per heavy atom. The maximum absolute atomic E-state index is 5.66. The summed E-state index contributed by atoms with van der Waals surface area (Å²) in [6.45, 7) is 4.10.